The second-order valence-corrected chi connectivity index (χ2v) is 8.45. The number of para-hydroxylation sites is 1. The van der Waals surface area contributed by atoms with Crippen molar-refractivity contribution in [2.24, 2.45) is 0 Å². The average Bonchev–Trinajstić information content (AvgIpc) is 2.85. The van der Waals surface area contributed by atoms with Crippen LogP contribution in [0, 0.1) is 12.7 Å². The van der Waals surface area contributed by atoms with Crippen LogP contribution in [0.1, 0.15) is 54.5 Å². The van der Waals surface area contributed by atoms with Crippen molar-refractivity contribution in [3.63, 3.8) is 0 Å². The van der Waals surface area contributed by atoms with E-state index in [1.165, 1.54) is 16.7 Å². The lowest BCUT2D eigenvalue weighted by Crippen LogP contribution is -2.38. The molecule has 5 nitrogen and oxygen atoms in total. The van der Waals surface area contributed by atoms with Gasteiger partial charge < -0.3 is 4.90 Å². The van der Waals surface area contributed by atoms with Gasteiger partial charge in [0.1, 0.15) is 11.6 Å². The number of halogens is 1. The third kappa shape index (κ3) is 4.49. The molecule has 0 fully saturated rings. The Morgan fingerprint density at radius 2 is 1.71 bits per heavy atom. The Morgan fingerprint density at radius 3 is 2.41 bits per heavy atom. The summed E-state index contributed by atoms with van der Waals surface area (Å²) in [4.78, 5) is 33.9. The number of fused-ring (bicyclic) bond motifs is 1. The van der Waals surface area contributed by atoms with E-state index in [2.05, 4.69) is 6.92 Å². The molecule has 1 unspecified atom stereocenters. The molecule has 4 rings (SSSR count). The van der Waals surface area contributed by atoms with E-state index >= 15 is 0 Å². The SMILES string of the molecule is CCCCN(C(=O)c1ccccc1C)C(C)c1nc2ccccc2c(=O)n1-c1ccc(F)cc1. The van der Waals surface area contributed by atoms with Crippen LogP contribution in [-0.4, -0.2) is 26.9 Å². The number of unbranched alkanes of at least 4 members (excludes halogenated alkanes) is 1. The highest BCUT2D eigenvalue weighted by Gasteiger charge is 2.28. The molecular formula is C28H28FN3O2. The molecule has 174 valence electrons. The molecule has 0 saturated carbocycles. The van der Waals surface area contributed by atoms with E-state index in [4.69, 9.17) is 4.98 Å². The Labute approximate surface area is 198 Å². The van der Waals surface area contributed by atoms with Crippen LogP contribution in [-0.2, 0) is 0 Å². The molecule has 3 aromatic carbocycles. The summed E-state index contributed by atoms with van der Waals surface area (Å²) in [7, 11) is 0. The summed E-state index contributed by atoms with van der Waals surface area (Å²) >= 11 is 0. The Bertz CT molecular complexity index is 1380. The standard InChI is InChI=1S/C28H28FN3O2/c1-4-5-18-31(27(33)23-11-7-6-10-19(23)2)20(3)26-30-25-13-9-8-12-24(25)28(34)32(26)22-16-14-21(29)15-17-22/h6-17,20H,4-5,18H2,1-3H3. The Balaban J connectivity index is 1.91. The van der Waals surface area contributed by atoms with Crippen molar-refractivity contribution < 1.29 is 9.18 Å². The minimum atomic E-state index is -0.499. The van der Waals surface area contributed by atoms with Gasteiger partial charge in [-0.3, -0.25) is 14.2 Å². The molecule has 4 aromatic rings. The fraction of sp³-hybridized carbons (Fsp3) is 0.250. The monoisotopic (exact) mass is 457 g/mol. The molecule has 0 N–H and O–H groups in total. The van der Waals surface area contributed by atoms with E-state index in [1.807, 2.05) is 44.2 Å². The van der Waals surface area contributed by atoms with Crippen LogP contribution < -0.4 is 5.56 Å². The molecule has 0 spiro atoms. The van der Waals surface area contributed by atoms with E-state index in [9.17, 15) is 14.0 Å². The molecule has 6 heteroatoms. The lowest BCUT2D eigenvalue weighted by molar-refractivity contribution is 0.0677. The van der Waals surface area contributed by atoms with E-state index in [0.717, 1.165) is 18.4 Å². The number of benzene rings is 3. The number of carbonyl (C=O) groups is 1. The number of nitrogens with zero attached hydrogens (tertiary/aromatic N) is 3. The van der Waals surface area contributed by atoms with Gasteiger partial charge in [0.05, 0.1) is 22.6 Å². The molecule has 1 heterocycles. The van der Waals surface area contributed by atoms with Crippen molar-refractivity contribution in [2.75, 3.05) is 6.54 Å². The Hall–Kier alpha value is -3.80. The van der Waals surface area contributed by atoms with Crippen LogP contribution in [0.4, 0.5) is 4.39 Å². The predicted molar refractivity (Wildman–Crippen MR) is 133 cm³/mol. The Kier molecular flexibility index (Phi) is 6.87. The zero-order valence-corrected chi connectivity index (χ0v) is 19.7. The lowest BCUT2D eigenvalue weighted by atomic mass is 10.1. The van der Waals surface area contributed by atoms with Gasteiger partial charge in [0.2, 0.25) is 0 Å². The molecular weight excluding hydrogens is 429 g/mol. The zero-order valence-electron chi connectivity index (χ0n) is 19.7. The van der Waals surface area contributed by atoms with Gasteiger partial charge in [0.25, 0.3) is 11.5 Å². The molecule has 0 aliphatic carbocycles. The van der Waals surface area contributed by atoms with Crippen LogP contribution in [0.2, 0.25) is 0 Å². The number of aromatic nitrogens is 2. The molecule has 0 bridgehead atoms. The molecule has 0 saturated heterocycles. The zero-order chi connectivity index (χ0) is 24.2. The normalized spacial score (nSPS) is 12.0. The third-order valence-electron chi connectivity index (χ3n) is 6.12. The first-order valence-electron chi connectivity index (χ1n) is 11.6. The smallest absolute Gasteiger partial charge is 0.266 e. The summed E-state index contributed by atoms with van der Waals surface area (Å²) in [6.07, 6.45) is 1.73. The maximum atomic E-state index is 13.7. The summed E-state index contributed by atoms with van der Waals surface area (Å²) in [6.45, 7) is 6.40. The largest absolute Gasteiger partial charge is 0.329 e. The van der Waals surface area contributed by atoms with Gasteiger partial charge in [-0.15, -0.1) is 0 Å². The van der Waals surface area contributed by atoms with E-state index in [-0.39, 0.29) is 17.3 Å². The third-order valence-corrected chi connectivity index (χ3v) is 6.12. The van der Waals surface area contributed by atoms with Crippen LogP contribution in [0.3, 0.4) is 0 Å². The van der Waals surface area contributed by atoms with Crippen LogP contribution >= 0.6 is 0 Å². The van der Waals surface area contributed by atoms with E-state index in [0.29, 0.717) is 34.5 Å². The summed E-state index contributed by atoms with van der Waals surface area (Å²) in [5, 5.41) is 0.466. The van der Waals surface area contributed by atoms with Gasteiger partial charge in [0, 0.05) is 12.1 Å². The summed E-state index contributed by atoms with van der Waals surface area (Å²) in [5.41, 5.74) is 2.33. The van der Waals surface area contributed by atoms with Crippen molar-refractivity contribution in [2.45, 2.75) is 39.7 Å². The van der Waals surface area contributed by atoms with Gasteiger partial charge in [-0.25, -0.2) is 9.37 Å². The van der Waals surface area contributed by atoms with Gasteiger partial charge in [-0.1, -0.05) is 43.7 Å². The van der Waals surface area contributed by atoms with Crippen LogP contribution in [0.15, 0.2) is 77.6 Å². The number of amides is 1. The lowest BCUT2D eigenvalue weighted by Gasteiger charge is -2.31. The van der Waals surface area contributed by atoms with Gasteiger partial charge >= 0.3 is 0 Å². The molecule has 34 heavy (non-hydrogen) atoms. The number of aryl methyl sites for hydroxylation is 1. The van der Waals surface area contributed by atoms with Crippen molar-refractivity contribution in [3.8, 4) is 5.69 Å². The van der Waals surface area contributed by atoms with Gasteiger partial charge in [0.15, 0.2) is 0 Å². The summed E-state index contributed by atoms with van der Waals surface area (Å²) < 4.78 is 15.2. The number of hydrogen-bond donors (Lipinski definition) is 0. The number of carbonyl (C=O) groups excluding carboxylic acids is 1. The predicted octanol–water partition coefficient (Wildman–Crippen LogP) is 5.84. The topological polar surface area (TPSA) is 55.2 Å². The van der Waals surface area contributed by atoms with Gasteiger partial charge in [-0.05, 0) is 68.3 Å². The van der Waals surface area contributed by atoms with Crippen LogP contribution in [0.25, 0.3) is 16.6 Å². The van der Waals surface area contributed by atoms with Gasteiger partial charge in [-0.2, -0.15) is 0 Å². The first kappa shape index (κ1) is 23.4. The van der Waals surface area contributed by atoms with Crippen LogP contribution in [0.5, 0.6) is 0 Å². The van der Waals surface area contributed by atoms with Crippen molar-refractivity contribution >= 4 is 16.8 Å². The fourth-order valence-corrected chi connectivity index (χ4v) is 4.18. The van der Waals surface area contributed by atoms with E-state index in [1.54, 1.807) is 35.2 Å². The first-order chi connectivity index (χ1) is 16.4. The first-order valence-corrected chi connectivity index (χ1v) is 11.6. The highest BCUT2D eigenvalue weighted by atomic mass is 19.1. The highest BCUT2D eigenvalue weighted by Crippen LogP contribution is 2.26. The molecule has 1 atom stereocenters. The minimum absolute atomic E-state index is 0.105. The molecule has 1 amide bonds. The van der Waals surface area contributed by atoms with E-state index < -0.39 is 6.04 Å². The maximum absolute atomic E-state index is 13.7. The molecule has 0 aliphatic rings. The molecule has 0 aliphatic heterocycles. The van der Waals surface area contributed by atoms with Crippen molar-refractivity contribution in [1.29, 1.82) is 0 Å². The second kappa shape index (κ2) is 10.00. The maximum Gasteiger partial charge on any atom is 0.266 e. The molecule has 0 radical (unpaired) electrons. The Morgan fingerprint density at radius 1 is 1.03 bits per heavy atom. The fourth-order valence-electron chi connectivity index (χ4n) is 4.18. The van der Waals surface area contributed by atoms with Crippen molar-refractivity contribution in [3.05, 3.63) is 106 Å². The summed E-state index contributed by atoms with van der Waals surface area (Å²) in [5.74, 6) is -0.0556. The average molecular weight is 458 g/mol. The quantitative estimate of drug-likeness (QED) is 0.350. The minimum Gasteiger partial charge on any atom is -0.329 e. The number of hydrogen-bond acceptors (Lipinski definition) is 3. The summed E-state index contributed by atoms with van der Waals surface area (Å²) in [6, 6.07) is 19.9. The number of rotatable bonds is 7. The highest BCUT2D eigenvalue weighted by molar-refractivity contribution is 5.96. The van der Waals surface area contributed by atoms with Crippen molar-refractivity contribution in [1.82, 2.24) is 14.5 Å². The molecule has 1 aromatic heterocycles. The second-order valence-electron chi connectivity index (χ2n) is 8.45.